The summed E-state index contributed by atoms with van der Waals surface area (Å²) in [5.41, 5.74) is 2.70. The molecule has 0 atom stereocenters. The molecule has 0 spiro atoms. The number of para-hydroxylation sites is 2. The molecule has 2 aliphatic heterocycles. The van der Waals surface area contributed by atoms with E-state index >= 15 is 0 Å². The molecule has 182 valence electrons. The highest BCUT2D eigenvalue weighted by Crippen LogP contribution is 2.33. The molecule has 2 aromatic rings. The van der Waals surface area contributed by atoms with Crippen LogP contribution in [0.3, 0.4) is 0 Å². The Balaban J connectivity index is 0.000000481. The molecule has 0 radical (unpaired) electrons. The van der Waals surface area contributed by atoms with E-state index in [9.17, 15) is 9.18 Å². The second kappa shape index (κ2) is 11.9. The fourth-order valence-electron chi connectivity index (χ4n) is 3.91. The molecule has 1 fully saturated rings. The smallest absolute Gasteiger partial charge is 0.414 e. The lowest BCUT2D eigenvalue weighted by atomic mass is 9.98. The molecule has 1 aromatic heterocycles. The number of benzene rings is 1. The molecule has 10 nitrogen and oxygen atoms in total. The summed E-state index contributed by atoms with van der Waals surface area (Å²) >= 11 is 0. The number of nitrogens with zero attached hydrogens (tertiary/aromatic N) is 3. The van der Waals surface area contributed by atoms with Crippen LogP contribution in [-0.2, 0) is 16.1 Å². The lowest BCUT2D eigenvalue weighted by Gasteiger charge is -2.37. The van der Waals surface area contributed by atoms with E-state index in [2.05, 4.69) is 20.5 Å². The lowest BCUT2D eigenvalue weighted by Crippen LogP contribution is -2.49. The van der Waals surface area contributed by atoms with Gasteiger partial charge in [0.25, 0.3) is 0 Å². The number of carboxylic acid groups (broad SMARTS) is 2. The summed E-state index contributed by atoms with van der Waals surface area (Å²) < 4.78 is 13.1. The van der Waals surface area contributed by atoms with Crippen LogP contribution in [0.25, 0.3) is 0 Å². The molecule has 4 rings (SSSR count). The second-order valence-electron chi connectivity index (χ2n) is 8.02. The number of halogens is 1. The highest BCUT2D eigenvalue weighted by atomic mass is 19.1. The molecular formula is C23H28FN5O5. The highest BCUT2D eigenvalue weighted by molar-refractivity contribution is 6.27. The van der Waals surface area contributed by atoms with Crippen LogP contribution in [0, 0.1) is 11.7 Å². The van der Waals surface area contributed by atoms with Crippen LogP contribution in [0.4, 0.5) is 20.6 Å². The van der Waals surface area contributed by atoms with Gasteiger partial charge in [0.15, 0.2) is 0 Å². The van der Waals surface area contributed by atoms with E-state index in [1.807, 2.05) is 29.2 Å². The molecule has 1 aromatic carbocycles. The van der Waals surface area contributed by atoms with Gasteiger partial charge in [-0.1, -0.05) is 12.1 Å². The number of rotatable bonds is 4. The van der Waals surface area contributed by atoms with Crippen LogP contribution in [0.5, 0.6) is 0 Å². The van der Waals surface area contributed by atoms with Crippen LogP contribution in [0.2, 0.25) is 0 Å². The largest absolute Gasteiger partial charge is 0.473 e. The van der Waals surface area contributed by atoms with E-state index in [1.54, 1.807) is 6.07 Å². The predicted molar refractivity (Wildman–Crippen MR) is 123 cm³/mol. The Morgan fingerprint density at radius 2 is 1.71 bits per heavy atom. The van der Waals surface area contributed by atoms with Crippen LogP contribution < -0.4 is 20.4 Å². The van der Waals surface area contributed by atoms with E-state index in [-0.39, 0.29) is 11.8 Å². The molecule has 3 heterocycles. The van der Waals surface area contributed by atoms with Gasteiger partial charge in [-0.15, -0.1) is 0 Å². The summed E-state index contributed by atoms with van der Waals surface area (Å²) in [4.78, 5) is 39.2. The van der Waals surface area contributed by atoms with Crippen molar-refractivity contribution in [3.05, 3.63) is 54.1 Å². The molecule has 11 heteroatoms. The summed E-state index contributed by atoms with van der Waals surface area (Å²) in [5.74, 6) is -3.43. The van der Waals surface area contributed by atoms with Crippen molar-refractivity contribution in [2.75, 3.05) is 42.5 Å². The maximum Gasteiger partial charge on any atom is 0.414 e. The molecule has 0 unspecified atom stereocenters. The zero-order chi connectivity index (χ0) is 24.5. The average molecular weight is 474 g/mol. The van der Waals surface area contributed by atoms with Gasteiger partial charge in [-0.05, 0) is 56.1 Å². The maximum absolute atomic E-state index is 13.1. The number of carboxylic acids is 2. The number of urea groups is 1. The molecule has 0 aliphatic carbocycles. The number of aliphatic carboxylic acids is 2. The summed E-state index contributed by atoms with van der Waals surface area (Å²) in [6.07, 6.45) is 3.45. The number of anilines is 2. The fraction of sp³-hybridized carbons (Fsp3) is 0.391. The van der Waals surface area contributed by atoms with Crippen molar-refractivity contribution in [1.82, 2.24) is 15.6 Å². The standard InChI is InChI=1S/C21H26FN5O.C2H2O4/c22-17-5-6-18(24-14-17)15-26-11-12-27(20-4-2-1-3-19(20)26)21(28)25-13-16-7-9-23-10-8-16;3-1(4)2(5)6/h1-6,14,16,23H,7-13,15H2,(H,25,28);(H,3,4)(H,5,6). The number of fused-ring (bicyclic) bond motifs is 1. The predicted octanol–water partition coefficient (Wildman–Crippen LogP) is 1.91. The van der Waals surface area contributed by atoms with Crippen LogP contribution >= 0.6 is 0 Å². The minimum Gasteiger partial charge on any atom is -0.473 e. The van der Waals surface area contributed by atoms with Crippen molar-refractivity contribution in [1.29, 1.82) is 0 Å². The second-order valence-corrected chi connectivity index (χ2v) is 8.02. The third-order valence-electron chi connectivity index (χ3n) is 5.68. The topological polar surface area (TPSA) is 135 Å². The van der Waals surface area contributed by atoms with E-state index in [1.165, 1.54) is 12.3 Å². The number of pyridine rings is 1. The lowest BCUT2D eigenvalue weighted by molar-refractivity contribution is -0.159. The number of carbonyl (C=O) groups is 3. The number of nitrogens with one attached hydrogen (secondary N) is 2. The van der Waals surface area contributed by atoms with E-state index in [0.717, 1.165) is 49.5 Å². The minimum atomic E-state index is -1.82. The van der Waals surface area contributed by atoms with Crippen LogP contribution in [-0.4, -0.2) is 65.9 Å². The molecule has 2 amide bonds. The first-order valence-corrected chi connectivity index (χ1v) is 11.0. The third-order valence-corrected chi connectivity index (χ3v) is 5.68. The monoisotopic (exact) mass is 473 g/mol. The molecule has 4 N–H and O–H groups in total. The van der Waals surface area contributed by atoms with Gasteiger partial charge in [0.05, 0.1) is 29.8 Å². The first kappa shape index (κ1) is 24.9. The Morgan fingerprint density at radius 3 is 2.32 bits per heavy atom. The van der Waals surface area contributed by atoms with Crippen molar-refractivity contribution < 1.29 is 29.0 Å². The van der Waals surface area contributed by atoms with Gasteiger partial charge in [0.1, 0.15) is 5.82 Å². The van der Waals surface area contributed by atoms with E-state index < -0.39 is 11.9 Å². The Labute approximate surface area is 196 Å². The number of amides is 2. The summed E-state index contributed by atoms with van der Waals surface area (Å²) in [6, 6.07) is 11.0. The zero-order valence-corrected chi connectivity index (χ0v) is 18.6. The molecule has 34 heavy (non-hydrogen) atoms. The Morgan fingerprint density at radius 1 is 1.03 bits per heavy atom. The van der Waals surface area contributed by atoms with Gasteiger partial charge in [-0.3, -0.25) is 9.88 Å². The number of carbonyl (C=O) groups excluding carboxylic acids is 1. The first-order valence-electron chi connectivity index (χ1n) is 11.0. The molecule has 2 aliphatic rings. The number of piperidine rings is 1. The zero-order valence-electron chi connectivity index (χ0n) is 18.6. The molecule has 0 bridgehead atoms. The van der Waals surface area contributed by atoms with Gasteiger partial charge >= 0.3 is 18.0 Å². The minimum absolute atomic E-state index is 0.0365. The van der Waals surface area contributed by atoms with Gasteiger partial charge in [0.2, 0.25) is 0 Å². The van der Waals surface area contributed by atoms with Gasteiger partial charge in [-0.25, -0.2) is 18.8 Å². The molecule has 0 saturated carbocycles. The number of hydrogen-bond donors (Lipinski definition) is 4. The Hall–Kier alpha value is -3.73. The van der Waals surface area contributed by atoms with E-state index in [4.69, 9.17) is 19.8 Å². The van der Waals surface area contributed by atoms with Crippen LogP contribution in [0.15, 0.2) is 42.6 Å². The van der Waals surface area contributed by atoms with Gasteiger partial charge < -0.3 is 25.7 Å². The van der Waals surface area contributed by atoms with Crippen molar-refractivity contribution in [2.45, 2.75) is 19.4 Å². The van der Waals surface area contributed by atoms with E-state index in [0.29, 0.717) is 25.6 Å². The van der Waals surface area contributed by atoms with Gasteiger partial charge in [-0.2, -0.15) is 0 Å². The molecular weight excluding hydrogens is 445 g/mol. The first-order chi connectivity index (χ1) is 16.3. The average Bonchev–Trinajstić information content (AvgIpc) is 2.85. The number of aromatic nitrogens is 1. The van der Waals surface area contributed by atoms with Crippen LogP contribution in [0.1, 0.15) is 18.5 Å². The van der Waals surface area contributed by atoms with Gasteiger partial charge in [0, 0.05) is 19.6 Å². The fourth-order valence-corrected chi connectivity index (χ4v) is 3.91. The van der Waals surface area contributed by atoms with Crippen molar-refractivity contribution >= 4 is 29.3 Å². The summed E-state index contributed by atoms with van der Waals surface area (Å²) in [6.45, 7) is 4.68. The maximum atomic E-state index is 13.1. The highest BCUT2D eigenvalue weighted by Gasteiger charge is 2.27. The SMILES string of the molecule is O=C(NCC1CCNCC1)N1CCN(Cc2ccc(F)cn2)c2ccccc21.O=C(O)C(=O)O. The summed E-state index contributed by atoms with van der Waals surface area (Å²) in [5, 5.41) is 21.3. The number of hydrogen-bond acceptors (Lipinski definition) is 6. The normalized spacial score (nSPS) is 15.6. The quantitative estimate of drug-likeness (QED) is 0.495. The van der Waals surface area contributed by atoms with Crippen molar-refractivity contribution in [3.8, 4) is 0 Å². The molecule has 1 saturated heterocycles. The summed E-state index contributed by atoms with van der Waals surface area (Å²) in [7, 11) is 0. The Bertz CT molecular complexity index is 986. The van der Waals surface area contributed by atoms with Crippen molar-refractivity contribution in [3.63, 3.8) is 0 Å². The van der Waals surface area contributed by atoms with Crippen molar-refractivity contribution in [2.24, 2.45) is 5.92 Å². The Kier molecular flexibility index (Phi) is 8.74. The third kappa shape index (κ3) is 6.88.